The number of methoxy groups -OCH3 is 2. The standard InChI is InChI=1S/C21H23NO4/c1-12-20-14(4-5-17(23-2)21(20)24-3)8-16-15-10-19-18(25-11-26-19)9-13(15)6-7-22(12)16/h4-5,9-10,12,16H,6-8,11H2,1-3H3/t12-,16+/m1/s1. The van der Waals surface area contributed by atoms with Crippen molar-refractivity contribution in [1.82, 2.24) is 4.90 Å². The summed E-state index contributed by atoms with van der Waals surface area (Å²) in [5.74, 6) is 3.42. The van der Waals surface area contributed by atoms with Gasteiger partial charge in [-0.3, -0.25) is 4.90 Å². The molecule has 2 aromatic rings. The van der Waals surface area contributed by atoms with Crippen LogP contribution < -0.4 is 18.9 Å². The first-order chi connectivity index (χ1) is 12.7. The lowest BCUT2D eigenvalue weighted by molar-refractivity contribution is 0.114. The van der Waals surface area contributed by atoms with Crippen LogP contribution in [-0.4, -0.2) is 32.5 Å². The second kappa shape index (κ2) is 5.81. The molecule has 3 aliphatic rings. The van der Waals surface area contributed by atoms with Crippen LogP contribution in [0.1, 0.15) is 41.3 Å². The molecule has 5 nitrogen and oxygen atoms in total. The molecule has 0 amide bonds. The highest BCUT2D eigenvalue weighted by molar-refractivity contribution is 5.56. The minimum atomic E-state index is 0.271. The lowest BCUT2D eigenvalue weighted by Crippen LogP contribution is -2.41. The van der Waals surface area contributed by atoms with Crippen LogP contribution in [0, 0.1) is 0 Å². The van der Waals surface area contributed by atoms with Gasteiger partial charge in [-0.2, -0.15) is 0 Å². The van der Waals surface area contributed by atoms with E-state index in [1.54, 1.807) is 14.2 Å². The molecule has 3 heterocycles. The number of ether oxygens (including phenoxy) is 4. The number of hydrogen-bond donors (Lipinski definition) is 0. The number of benzene rings is 2. The average molecular weight is 353 g/mol. The third-order valence-corrected chi connectivity index (χ3v) is 6.04. The lowest BCUT2D eigenvalue weighted by atomic mass is 9.80. The molecule has 0 spiro atoms. The van der Waals surface area contributed by atoms with Gasteiger partial charge in [-0.1, -0.05) is 6.07 Å². The van der Waals surface area contributed by atoms with Gasteiger partial charge < -0.3 is 18.9 Å². The highest BCUT2D eigenvalue weighted by atomic mass is 16.7. The maximum absolute atomic E-state index is 5.73. The Kier molecular flexibility index (Phi) is 3.54. The first kappa shape index (κ1) is 15.8. The fourth-order valence-corrected chi connectivity index (χ4v) is 4.80. The van der Waals surface area contributed by atoms with E-state index in [0.717, 1.165) is 42.4 Å². The van der Waals surface area contributed by atoms with Crippen LogP contribution in [0.15, 0.2) is 24.3 Å². The Labute approximate surface area is 153 Å². The van der Waals surface area contributed by atoms with Crippen LogP contribution in [-0.2, 0) is 12.8 Å². The van der Waals surface area contributed by atoms with Gasteiger partial charge in [-0.05, 0) is 54.7 Å². The summed E-state index contributed by atoms with van der Waals surface area (Å²) in [6, 6.07) is 9.19. The fourth-order valence-electron chi connectivity index (χ4n) is 4.80. The van der Waals surface area contributed by atoms with Gasteiger partial charge in [-0.15, -0.1) is 0 Å². The van der Waals surface area contributed by atoms with Crippen molar-refractivity contribution in [3.05, 3.63) is 46.5 Å². The number of fused-ring (bicyclic) bond motifs is 5. The van der Waals surface area contributed by atoms with Crippen molar-refractivity contribution in [1.29, 1.82) is 0 Å². The van der Waals surface area contributed by atoms with Gasteiger partial charge >= 0.3 is 0 Å². The molecule has 2 aromatic carbocycles. The van der Waals surface area contributed by atoms with Crippen LogP contribution in [0.25, 0.3) is 0 Å². The molecule has 5 heteroatoms. The summed E-state index contributed by atoms with van der Waals surface area (Å²) < 4.78 is 22.4. The molecule has 0 aliphatic carbocycles. The van der Waals surface area contributed by atoms with Gasteiger partial charge in [0, 0.05) is 24.2 Å². The minimum Gasteiger partial charge on any atom is -0.493 e. The van der Waals surface area contributed by atoms with Crippen molar-refractivity contribution >= 4 is 0 Å². The van der Waals surface area contributed by atoms with E-state index in [9.17, 15) is 0 Å². The predicted octanol–water partition coefficient (Wildman–Crippen LogP) is 3.65. The van der Waals surface area contributed by atoms with Gasteiger partial charge in [0.05, 0.1) is 14.2 Å². The fraction of sp³-hybridized carbons (Fsp3) is 0.429. The molecule has 0 fully saturated rings. The monoisotopic (exact) mass is 353 g/mol. The predicted molar refractivity (Wildman–Crippen MR) is 97.4 cm³/mol. The van der Waals surface area contributed by atoms with Crippen molar-refractivity contribution < 1.29 is 18.9 Å². The molecule has 0 unspecified atom stereocenters. The summed E-state index contributed by atoms with van der Waals surface area (Å²) in [4.78, 5) is 2.58. The molecule has 26 heavy (non-hydrogen) atoms. The van der Waals surface area contributed by atoms with Crippen molar-refractivity contribution in [2.24, 2.45) is 0 Å². The van der Waals surface area contributed by atoms with Crippen molar-refractivity contribution in [3.63, 3.8) is 0 Å². The van der Waals surface area contributed by atoms with Crippen LogP contribution in [0.5, 0.6) is 23.0 Å². The van der Waals surface area contributed by atoms with Crippen molar-refractivity contribution in [3.8, 4) is 23.0 Å². The average Bonchev–Trinajstić information content (AvgIpc) is 3.12. The van der Waals surface area contributed by atoms with E-state index >= 15 is 0 Å². The molecule has 136 valence electrons. The largest absolute Gasteiger partial charge is 0.493 e. The van der Waals surface area contributed by atoms with Crippen LogP contribution in [0.3, 0.4) is 0 Å². The summed E-state index contributed by atoms with van der Waals surface area (Å²) in [7, 11) is 3.42. The van der Waals surface area contributed by atoms with Gasteiger partial charge in [0.25, 0.3) is 0 Å². The summed E-state index contributed by atoms with van der Waals surface area (Å²) in [6.07, 6.45) is 1.99. The third-order valence-electron chi connectivity index (χ3n) is 6.04. The molecule has 0 bridgehead atoms. The topological polar surface area (TPSA) is 40.2 Å². The second-order valence-corrected chi connectivity index (χ2v) is 7.16. The van der Waals surface area contributed by atoms with Gasteiger partial charge in [-0.25, -0.2) is 0 Å². The van der Waals surface area contributed by atoms with E-state index in [4.69, 9.17) is 18.9 Å². The molecular weight excluding hydrogens is 330 g/mol. The molecule has 0 aromatic heterocycles. The zero-order chi connectivity index (χ0) is 17.8. The van der Waals surface area contributed by atoms with Gasteiger partial charge in [0.2, 0.25) is 6.79 Å². The molecule has 5 rings (SSSR count). The molecule has 0 radical (unpaired) electrons. The Hall–Kier alpha value is -2.40. The third kappa shape index (κ3) is 2.13. The van der Waals surface area contributed by atoms with E-state index in [2.05, 4.69) is 30.0 Å². The first-order valence-electron chi connectivity index (χ1n) is 9.13. The van der Waals surface area contributed by atoms with Gasteiger partial charge in [0.1, 0.15) is 0 Å². The van der Waals surface area contributed by atoms with E-state index < -0.39 is 0 Å². The Morgan fingerprint density at radius 3 is 2.62 bits per heavy atom. The maximum Gasteiger partial charge on any atom is 0.231 e. The number of nitrogens with zero attached hydrogens (tertiary/aromatic N) is 1. The lowest BCUT2D eigenvalue weighted by Gasteiger charge is -2.46. The van der Waals surface area contributed by atoms with E-state index in [1.807, 2.05) is 6.07 Å². The molecule has 2 atom stereocenters. The van der Waals surface area contributed by atoms with Crippen molar-refractivity contribution in [2.45, 2.75) is 31.8 Å². The summed E-state index contributed by atoms with van der Waals surface area (Å²) in [6.45, 7) is 3.62. The molecule has 0 N–H and O–H groups in total. The quantitative estimate of drug-likeness (QED) is 0.824. The highest BCUT2D eigenvalue weighted by Gasteiger charge is 2.39. The van der Waals surface area contributed by atoms with E-state index in [1.165, 1.54) is 22.3 Å². The van der Waals surface area contributed by atoms with Crippen LogP contribution in [0.2, 0.25) is 0 Å². The van der Waals surface area contributed by atoms with E-state index in [0.29, 0.717) is 12.8 Å². The Morgan fingerprint density at radius 2 is 1.85 bits per heavy atom. The highest BCUT2D eigenvalue weighted by Crippen LogP contribution is 2.50. The summed E-state index contributed by atoms with van der Waals surface area (Å²) in [5, 5.41) is 0. The number of hydrogen-bond acceptors (Lipinski definition) is 5. The molecule has 3 aliphatic heterocycles. The molecule has 0 saturated heterocycles. The maximum atomic E-state index is 5.73. The van der Waals surface area contributed by atoms with Crippen molar-refractivity contribution in [2.75, 3.05) is 27.6 Å². The SMILES string of the molecule is COc1ccc2c(c1OC)[C@@H](C)N1CCc3cc4c(cc3[C@@H]1C2)OCO4. The number of rotatable bonds is 2. The van der Waals surface area contributed by atoms with E-state index in [-0.39, 0.29) is 6.04 Å². The van der Waals surface area contributed by atoms with Gasteiger partial charge in [0.15, 0.2) is 23.0 Å². The van der Waals surface area contributed by atoms with Crippen LogP contribution >= 0.6 is 0 Å². The molecular formula is C21H23NO4. The van der Waals surface area contributed by atoms with Crippen LogP contribution in [0.4, 0.5) is 0 Å². The first-order valence-corrected chi connectivity index (χ1v) is 9.13. The Morgan fingerprint density at radius 1 is 1.04 bits per heavy atom. The minimum absolute atomic E-state index is 0.271. The normalized spacial score (nSPS) is 23.0. The Balaban J connectivity index is 1.62. The zero-order valence-corrected chi connectivity index (χ0v) is 15.4. The zero-order valence-electron chi connectivity index (χ0n) is 15.4. The smallest absolute Gasteiger partial charge is 0.231 e. The summed E-state index contributed by atoms with van der Waals surface area (Å²) in [5.41, 5.74) is 5.34. The Bertz CT molecular complexity index is 879. The second-order valence-electron chi connectivity index (χ2n) is 7.16. The molecule has 0 saturated carbocycles. The summed E-state index contributed by atoms with van der Waals surface area (Å²) >= 11 is 0.